The number of hydrogen-bond donors (Lipinski definition) is 2. The van der Waals surface area contributed by atoms with Gasteiger partial charge in [0.25, 0.3) is 5.56 Å². The Labute approximate surface area is 186 Å². The zero-order valence-corrected chi connectivity index (χ0v) is 17.6. The number of nitrogens with one attached hydrogen (secondary N) is 1. The number of hydrogen-bond acceptors (Lipinski definition) is 4. The lowest BCUT2D eigenvalue weighted by Crippen LogP contribution is -2.35. The minimum Gasteiger partial charge on any atom is -0.396 e. The molecule has 0 radical (unpaired) electrons. The molecule has 3 aromatic rings. The molecule has 0 aliphatic carbocycles. The van der Waals surface area contributed by atoms with E-state index in [0.717, 1.165) is 16.7 Å². The summed E-state index contributed by atoms with van der Waals surface area (Å²) in [5.74, 6) is -0.931. The minimum atomic E-state index is -4.52. The van der Waals surface area contributed by atoms with Gasteiger partial charge < -0.3 is 10.4 Å². The molecule has 2 N–H and O–H groups in total. The van der Waals surface area contributed by atoms with Gasteiger partial charge in [0.1, 0.15) is 18.2 Å². The van der Waals surface area contributed by atoms with Crippen molar-refractivity contribution in [3.63, 3.8) is 0 Å². The third kappa shape index (κ3) is 5.83. The van der Waals surface area contributed by atoms with Crippen molar-refractivity contribution in [3.05, 3.63) is 87.1 Å². The van der Waals surface area contributed by atoms with Crippen LogP contribution in [0.25, 0.3) is 11.4 Å². The molecule has 6 nitrogen and oxygen atoms in total. The monoisotopic (exact) mass is 463 g/mol. The molecule has 0 aliphatic heterocycles. The molecule has 33 heavy (non-hydrogen) atoms. The summed E-state index contributed by atoms with van der Waals surface area (Å²) >= 11 is 0. The van der Waals surface area contributed by atoms with Crippen LogP contribution in [0.1, 0.15) is 22.4 Å². The molecule has 0 fully saturated rings. The molecule has 0 saturated heterocycles. The van der Waals surface area contributed by atoms with Gasteiger partial charge in [-0.3, -0.25) is 14.2 Å². The highest BCUT2D eigenvalue weighted by molar-refractivity contribution is 5.76. The van der Waals surface area contributed by atoms with Crippen LogP contribution < -0.4 is 10.9 Å². The van der Waals surface area contributed by atoms with E-state index in [4.69, 9.17) is 0 Å². The van der Waals surface area contributed by atoms with E-state index in [-0.39, 0.29) is 36.5 Å². The predicted molar refractivity (Wildman–Crippen MR) is 113 cm³/mol. The van der Waals surface area contributed by atoms with Gasteiger partial charge in [0.2, 0.25) is 5.91 Å². The standard InChI is InChI=1S/C23H21F4N3O3/c1-14-19(10-11-31)22(33)30(13-20(32)28-12-15-2-8-18(24)9-3-15)21(29-14)16-4-6-17(7-5-16)23(25,26)27/h2-9,31H,10-13H2,1H3,(H,28,32). The van der Waals surface area contributed by atoms with Crippen molar-refractivity contribution in [1.82, 2.24) is 14.9 Å². The molecule has 1 amide bonds. The second-order valence-electron chi connectivity index (χ2n) is 7.34. The number of rotatable bonds is 7. The molecule has 0 bridgehead atoms. The van der Waals surface area contributed by atoms with Crippen LogP contribution in [-0.2, 0) is 30.5 Å². The molecule has 0 unspecified atom stereocenters. The molecule has 0 spiro atoms. The summed E-state index contributed by atoms with van der Waals surface area (Å²) in [6, 6.07) is 9.62. The average molecular weight is 463 g/mol. The van der Waals surface area contributed by atoms with E-state index in [1.165, 1.54) is 36.4 Å². The number of benzene rings is 2. The maximum Gasteiger partial charge on any atom is 0.416 e. The number of aromatic nitrogens is 2. The molecular weight excluding hydrogens is 442 g/mol. The maximum atomic E-state index is 13.1. The highest BCUT2D eigenvalue weighted by atomic mass is 19.4. The van der Waals surface area contributed by atoms with E-state index in [1.54, 1.807) is 6.92 Å². The summed E-state index contributed by atoms with van der Waals surface area (Å²) in [5, 5.41) is 11.9. The van der Waals surface area contributed by atoms with Crippen molar-refractivity contribution in [3.8, 4) is 11.4 Å². The number of aliphatic hydroxyl groups excluding tert-OH is 1. The molecular formula is C23H21F4N3O3. The first-order chi connectivity index (χ1) is 15.6. The van der Waals surface area contributed by atoms with Crippen molar-refractivity contribution >= 4 is 5.91 Å². The second kappa shape index (κ2) is 9.95. The SMILES string of the molecule is Cc1nc(-c2ccc(C(F)(F)F)cc2)n(CC(=O)NCc2ccc(F)cc2)c(=O)c1CCO. The Morgan fingerprint density at radius 2 is 1.73 bits per heavy atom. The Kier molecular flexibility index (Phi) is 7.27. The smallest absolute Gasteiger partial charge is 0.396 e. The van der Waals surface area contributed by atoms with Crippen LogP contribution in [0.15, 0.2) is 53.3 Å². The lowest BCUT2D eigenvalue weighted by molar-refractivity contribution is -0.137. The van der Waals surface area contributed by atoms with Crippen LogP contribution in [0.5, 0.6) is 0 Å². The number of alkyl halides is 3. The van der Waals surface area contributed by atoms with E-state index in [1.807, 2.05) is 0 Å². The third-order valence-electron chi connectivity index (χ3n) is 5.01. The summed E-state index contributed by atoms with van der Waals surface area (Å²) in [5.41, 5.74) is -0.0336. The number of nitrogens with zero attached hydrogens (tertiary/aromatic N) is 2. The van der Waals surface area contributed by atoms with Crippen molar-refractivity contribution < 1.29 is 27.5 Å². The van der Waals surface area contributed by atoms with Crippen molar-refractivity contribution in [1.29, 1.82) is 0 Å². The Bertz CT molecular complexity index is 1190. The fourth-order valence-electron chi connectivity index (χ4n) is 3.28. The van der Waals surface area contributed by atoms with Crippen LogP contribution in [-0.4, -0.2) is 27.2 Å². The Morgan fingerprint density at radius 3 is 2.30 bits per heavy atom. The van der Waals surface area contributed by atoms with E-state index in [9.17, 15) is 32.3 Å². The number of carbonyl (C=O) groups is 1. The summed E-state index contributed by atoms with van der Waals surface area (Å²) in [6.45, 7) is 0.890. The lowest BCUT2D eigenvalue weighted by Gasteiger charge is -2.16. The Morgan fingerprint density at radius 1 is 1.09 bits per heavy atom. The second-order valence-corrected chi connectivity index (χ2v) is 7.34. The van der Waals surface area contributed by atoms with Crippen molar-refractivity contribution in [2.75, 3.05) is 6.61 Å². The van der Waals surface area contributed by atoms with E-state index < -0.39 is 35.6 Å². The molecule has 174 valence electrons. The van der Waals surface area contributed by atoms with Gasteiger partial charge >= 0.3 is 6.18 Å². The van der Waals surface area contributed by atoms with Gasteiger partial charge in [-0.2, -0.15) is 13.2 Å². The van der Waals surface area contributed by atoms with Crippen LogP contribution >= 0.6 is 0 Å². The van der Waals surface area contributed by atoms with E-state index >= 15 is 0 Å². The number of halogens is 4. The third-order valence-corrected chi connectivity index (χ3v) is 5.01. The van der Waals surface area contributed by atoms with Crippen LogP contribution in [0.4, 0.5) is 17.6 Å². The minimum absolute atomic E-state index is 0.0160. The summed E-state index contributed by atoms with van der Waals surface area (Å²) in [4.78, 5) is 30.0. The Balaban J connectivity index is 1.94. The van der Waals surface area contributed by atoms with Gasteiger partial charge in [-0.15, -0.1) is 0 Å². The molecule has 1 heterocycles. The summed E-state index contributed by atoms with van der Waals surface area (Å²) in [7, 11) is 0. The van der Waals surface area contributed by atoms with Crippen LogP contribution in [0, 0.1) is 12.7 Å². The van der Waals surface area contributed by atoms with Gasteiger partial charge in [-0.1, -0.05) is 24.3 Å². The zero-order valence-electron chi connectivity index (χ0n) is 17.6. The van der Waals surface area contributed by atoms with Crippen molar-refractivity contribution in [2.45, 2.75) is 32.6 Å². The number of aryl methyl sites for hydroxylation is 1. The van der Waals surface area contributed by atoms with Crippen molar-refractivity contribution in [2.24, 2.45) is 0 Å². The van der Waals surface area contributed by atoms with Gasteiger partial charge in [0.15, 0.2) is 0 Å². The van der Waals surface area contributed by atoms with E-state index in [2.05, 4.69) is 10.3 Å². The van der Waals surface area contributed by atoms with Gasteiger partial charge in [0, 0.05) is 36.4 Å². The predicted octanol–water partition coefficient (Wildman–Crippen LogP) is 3.23. The highest BCUT2D eigenvalue weighted by Crippen LogP contribution is 2.30. The van der Waals surface area contributed by atoms with E-state index in [0.29, 0.717) is 11.3 Å². The number of amides is 1. The van der Waals surface area contributed by atoms with Gasteiger partial charge in [0.05, 0.1) is 5.56 Å². The van der Waals surface area contributed by atoms with Gasteiger partial charge in [-0.25, -0.2) is 9.37 Å². The largest absolute Gasteiger partial charge is 0.416 e. The molecule has 1 aromatic heterocycles. The maximum absolute atomic E-state index is 13.1. The van der Waals surface area contributed by atoms with Gasteiger partial charge in [-0.05, 0) is 36.8 Å². The van der Waals surface area contributed by atoms with Crippen LogP contribution in [0.3, 0.4) is 0 Å². The fourth-order valence-corrected chi connectivity index (χ4v) is 3.28. The zero-order chi connectivity index (χ0) is 24.2. The summed E-state index contributed by atoms with van der Waals surface area (Å²) in [6.07, 6.45) is -4.51. The molecule has 3 rings (SSSR count). The number of carbonyl (C=O) groups excluding carboxylic acids is 1. The normalized spacial score (nSPS) is 11.5. The Hall–Kier alpha value is -3.53. The highest BCUT2D eigenvalue weighted by Gasteiger charge is 2.30. The molecule has 0 saturated carbocycles. The average Bonchev–Trinajstić information content (AvgIpc) is 2.77. The molecule has 2 aromatic carbocycles. The fraction of sp³-hybridized carbons (Fsp3) is 0.261. The first kappa shape index (κ1) is 24.1. The molecule has 0 atom stereocenters. The van der Waals surface area contributed by atoms with Crippen LogP contribution in [0.2, 0.25) is 0 Å². The summed E-state index contributed by atoms with van der Waals surface area (Å²) < 4.78 is 52.9. The molecule has 0 aliphatic rings. The quantitative estimate of drug-likeness (QED) is 0.527. The number of aliphatic hydroxyl groups is 1. The lowest BCUT2D eigenvalue weighted by atomic mass is 10.1. The first-order valence-electron chi connectivity index (χ1n) is 10.00. The first-order valence-corrected chi connectivity index (χ1v) is 10.00. The topological polar surface area (TPSA) is 84.2 Å². The molecule has 10 heteroatoms.